The second kappa shape index (κ2) is 4.68. The molecular formula is C12H21F2NO. The number of hydrogen-bond acceptors (Lipinski definition) is 1. The van der Waals surface area contributed by atoms with Crippen molar-refractivity contribution in [1.29, 1.82) is 0 Å². The van der Waals surface area contributed by atoms with Crippen molar-refractivity contribution < 1.29 is 13.6 Å². The number of alkyl halides is 2. The first kappa shape index (κ1) is 13.4. The first-order valence-corrected chi connectivity index (χ1v) is 5.91. The van der Waals surface area contributed by atoms with E-state index in [4.69, 9.17) is 0 Å². The van der Waals surface area contributed by atoms with Crippen LogP contribution in [0.5, 0.6) is 0 Å². The van der Waals surface area contributed by atoms with Crippen molar-refractivity contribution in [2.24, 2.45) is 11.8 Å². The highest BCUT2D eigenvalue weighted by atomic mass is 19.3. The lowest BCUT2D eigenvalue weighted by atomic mass is 10.0. The zero-order valence-electron chi connectivity index (χ0n) is 10.5. The number of hydrogen-bond donors (Lipinski definition) is 0. The van der Waals surface area contributed by atoms with Crippen molar-refractivity contribution in [2.75, 3.05) is 6.54 Å². The summed E-state index contributed by atoms with van der Waals surface area (Å²) < 4.78 is 26.6. The minimum absolute atomic E-state index is 0.150. The van der Waals surface area contributed by atoms with Crippen LogP contribution in [0.15, 0.2) is 0 Å². The van der Waals surface area contributed by atoms with Crippen molar-refractivity contribution in [1.82, 2.24) is 4.90 Å². The summed E-state index contributed by atoms with van der Waals surface area (Å²) in [6, 6.07) is -0.287. The fraction of sp³-hybridized carbons (Fsp3) is 0.917. The normalized spacial score (nSPS) is 24.5. The lowest BCUT2D eigenvalue weighted by Crippen LogP contribution is -2.39. The van der Waals surface area contributed by atoms with Crippen molar-refractivity contribution in [3.05, 3.63) is 0 Å². The summed E-state index contributed by atoms with van der Waals surface area (Å²) in [6.07, 6.45) is 0.484. The molecule has 0 aliphatic carbocycles. The van der Waals surface area contributed by atoms with Gasteiger partial charge in [-0.05, 0) is 12.3 Å². The van der Waals surface area contributed by atoms with E-state index in [1.54, 1.807) is 13.8 Å². The van der Waals surface area contributed by atoms with Gasteiger partial charge in [-0.3, -0.25) is 4.79 Å². The molecule has 1 amide bonds. The third-order valence-corrected chi connectivity index (χ3v) is 2.90. The standard InChI is InChI=1S/C12H21F2NO/c1-8(2)5-10-6-12(13,14)7-15(10)11(16)9(3)4/h8-10H,5-7H2,1-4H3. The van der Waals surface area contributed by atoms with Gasteiger partial charge in [-0.1, -0.05) is 27.7 Å². The summed E-state index contributed by atoms with van der Waals surface area (Å²) in [7, 11) is 0. The number of carbonyl (C=O) groups excluding carboxylic acids is 1. The molecular weight excluding hydrogens is 212 g/mol. The lowest BCUT2D eigenvalue weighted by molar-refractivity contribution is -0.136. The fourth-order valence-electron chi connectivity index (χ4n) is 2.24. The largest absolute Gasteiger partial charge is 0.333 e. The summed E-state index contributed by atoms with van der Waals surface area (Å²) >= 11 is 0. The minimum atomic E-state index is -2.70. The molecule has 1 atom stereocenters. The molecule has 1 aliphatic heterocycles. The Morgan fingerprint density at radius 3 is 2.38 bits per heavy atom. The third kappa shape index (κ3) is 3.16. The fourth-order valence-corrected chi connectivity index (χ4v) is 2.24. The molecule has 0 spiro atoms. The molecule has 1 fully saturated rings. The number of nitrogens with zero attached hydrogens (tertiary/aromatic N) is 1. The molecule has 0 aromatic carbocycles. The molecule has 94 valence electrons. The van der Waals surface area contributed by atoms with Gasteiger partial charge in [0.25, 0.3) is 5.92 Å². The molecule has 1 rings (SSSR count). The van der Waals surface area contributed by atoms with Crippen LogP contribution < -0.4 is 0 Å². The zero-order chi connectivity index (χ0) is 12.5. The second-order valence-corrected chi connectivity index (χ2v) is 5.46. The predicted octanol–water partition coefficient (Wildman–Crippen LogP) is 2.92. The number of likely N-dealkylation sites (tertiary alicyclic amines) is 1. The van der Waals surface area contributed by atoms with E-state index >= 15 is 0 Å². The molecule has 4 heteroatoms. The highest BCUT2D eigenvalue weighted by Gasteiger charge is 2.47. The summed E-state index contributed by atoms with van der Waals surface area (Å²) in [5.74, 6) is -2.72. The molecule has 1 saturated heterocycles. The van der Waals surface area contributed by atoms with E-state index in [1.165, 1.54) is 4.90 Å². The Bertz CT molecular complexity index is 264. The number of amides is 1. The SMILES string of the molecule is CC(C)CC1CC(F)(F)CN1C(=O)C(C)C. The summed E-state index contributed by atoms with van der Waals surface area (Å²) in [5.41, 5.74) is 0. The van der Waals surface area contributed by atoms with E-state index in [9.17, 15) is 13.6 Å². The first-order chi connectivity index (χ1) is 7.23. The third-order valence-electron chi connectivity index (χ3n) is 2.90. The zero-order valence-corrected chi connectivity index (χ0v) is 10.5. The van der Waals surface area contributed by atoms with Gasteiger partial charge in [-0.2, -0.15) is 0 Å². The smallest absolute Gasteiger partial charge is 0.267 e. The highest BCUT2D eigenvalue weighted by Crippen LogP contribution is 2.35. The maximum atomic E-state index is 13.3. The van der Waals surface area contributed by atoms with Crippen LogP contribution in [-0.2, 0) is 4.79 Å². The Morgan fingerprint density at radius 1 is 1.38 bits per heavy atom. The predicted molar refractivity (Wildman–Crippen MR) is 59.4 cm³/mol. The van der Waals surface area contributed by atoms with Crippen LogP contribution in [0.25, 0.3) is 0 Å². The number of halogens is 2. The Labute approximate surface area is 96.0 Å². The van der Waals surface area contributed by atoms with Crippen LogP contribution in [0.3, 0.4) is 0 Å². The van der Waals surface area contributed by atoms with Gasteiger partial charge >= 0.3 is 0 Å². The molecule has 0 aromatic rings. The molecule has 0 bridgehead atoms. The topological polar surface area (TPSA) is 20.3 Å². The van der Waals surface area contributed by atoms with Crippen LogP contribution in [-0.4, -0.2) is 29.3 Å². The minimum Gasteiger partial charge on any atom is -0.333 e. The van der Waals surface area contributed by atoms with E-state index in [2.05, 4.69) is 0 Å². The monoisotopic (exact) mass is 233 g/mol. The summed E-state index contributed by atoms with van der Waals surface area (Å²) in [6.45, 7) is 7.10. The van der Waals surface area contributed by atoms with Crippen molar-refractivity contribution in [2.45, 2.75) is 52.5 Å². The van der Waals surface area contributed by atoms with Crippen molar-refractivity contribution in [3.63, 3.8) is 0 Å². The van der Waals surface area contributed by atoms with E-state index in [-0.39, 0.29) is 24.3 Å². The second-order valence-electron chi connectivity index (χ2n) is 5.46. The van der Waals surface area contributed by atoms with E-state index in [0.717, 1.165) is 0 Å². The van der Waals surface area contributed by atoms with Crippen molar-refractivity contribution in [3.8, 4) is 0 Å². The Kier molecular flexibility index (Phi) is 3.92. The summed E-state index contributed by atoms with van der Waals surface area (Å²) in [4.78, 5) is 13.2. The maximum absolute atomic E-state index is 13.3. The molecule has 1 heterocycles. The van der Waals surface area contributed by atoms with Gasteiger partial charge in [-0.15, -0.1) is 0 Å². The number of rotatable bonds is 3. The van der Waals surface area contributed by atoms with Gasteiger partial charge in [0, 0.05) is 18.4 Å². The lowest BCUT2D eigenvalue weighted by Gasteiger charge is -2.26. The molecule has 1 unspecified atom stereocenters. The van der Waals surface area contributed by atoms with Crippen LogP contribution >= 0.6 is 0 Å². The van der Waals surface area contributed by atoms with Gasteiger partial charge in [0.05, 0.1) is 6.54 Å². The molecule has 0 saturated carbocycles. The van der Waals surface area contributed by atoms with Crippen LogP contribution in [0, 0.1) is 11.8 Å². The van der Waals surface area contributed by atoms with Crippen LogP contribution in [0.4, 0.5) is 8.78 Å². The molecule has 0 aromatic heterocycles. The Hall–Kier alpha value is -0.670. The van der Waals surface area contributed by atoms with Gasteiger partial charge < -0.3 is 4.90 Å². The van der Waals surface area contributed by atoms with Gasteiger partial charge in [0.1, 0.15) is 0 Å². The van der Waals surface area contributed by atoms with E-state index in [0.29, 0.717) is 12.3 Å². The Morgan fingerprint density at radius 2 is 1.94 bits per heavy atom. The maximum Gasteiger partial charge on any atom is 0.267 e. The quantitative estimate of drug-likeness (QED) is 0.734. The van der Waals surface area contributed by atoms with Crippen molar-refractivity contribution >= 4 is 5.91 Å². The highest BCUT2D eigenvalue weighted by molar-refractivity contribution is 5.78. The molecule has 1 aliphatic rings. The average Bonchev–Trinajstić information content (AvgIpc) is 2.38. The molecule has 0 radical (unpaired) electrons. The average molecular weight is 233 g/mol. The van der Waals surface area contributed by atoms with E-state index in [1.807, 2.05) is 13.8 Å². The van der Waals surface area contributed by atoms with E-state index < -0.39 is 12.5 Å². The molecule has 2 nitrogen and oxygen atoms in total. The molecule has 16 heavy (non-hydrogen) atoms. The van der Waals surface area contributed by atoms with Crippen LogP contribution in [0.1, 0.15) is 40.5 Å². The van der Waals surface area contributed by atoms with Gasteiger partial charge in [0.15, 0.2) is 0 Å². The molecule has 0 N–H and O–H groups in total. The van der Waals surface area contributed by atoms with Gasteiger partial charge in [0.2, 0.25) is 5.91 Å². The first-order valence-electron chi connectivity index (χ1n) is 5.91. The Balaban J connectivity index is 2.76. The summed E-state index contributed by atoms with van der Waals surface area (Å²) in [5, 5.41) is 0. The number of carbonyl (C=O) groups is 1. The van der Waals surface area contributed by atoms with Crippen LogP contribution in [0.2, 0.25) is 0 Å². The van der Waals surface area contributed by atoms with Gasteiger partial charge in [-0.25, -0.2) is 8.78 Å².